The standard InChI is InChI=1S/C26H31ClN4O4Si/c1-17-24(36(2,3)34)23(11-13-30-16-19(12-14-32)28-29-30)35-26(17)21-15-18(27)9-10-22(21)31(25(26)33)20-7-5-4-6-8-20/h4-10,15-17,23-24,32,34H,11-14H2,1-3H3/t17-,23+,24-,26+/m1/s1. The van der Waals surface area contributed by atoms with Crippen molar-refractivity contribution in [2.45, 2.75) is 56.7 Å². The minimum Gasteiger partial charge on any atom is -0.432 e. The number of amides is 1. The highest BCUT2D eigenvalue weighted by Crippen LogP contribution is 2.60. The number of aliphatic hydroxyl groups is 1. The van der Waals surface area contributed by atoms with Crippen molar-refractivity contribution in [2.75, 3.05) is 11.5 Å². The number of ether oxygens (including phenoxy) is 1. The van der Waals surface area contributed by atoms with Gasteiger partial charge in [-0.05, 0) is 49.8 Å². The normalized spacial score (nSPS) is 25.7. The molecule has 2 N–H and O–H groups in total. The number of aromatic nitrogens is 3. The van der Waals surface area contributed by atoms with E-state index in [0.717, 1.165) is 22.6 Å². The number of aryl methyl sites for hydroxylation is 1. The molecule has 5 rings (SSSR count). The molecule has 2 aromatic carbocycles. The average Bonchev–Trinajstić information content (AvgIpc) is 3.47. The van der Waals surface area contributed by atoms with E-state index in [1.54, 1.807) is 15.6 Å². The van der Waals surface area contributed by atoms with E-state index >= 15 is 0 Å². The van der Waals surface area contributed by atoms with E-state index < -0.39 is 13.9 Å². The van der Waals surface area contributed by atoms with Crippen LogP contribution in [0.5, 0.6) is 0 Å². The number of halogens is 1. The molecule has 1 saturated heterocycles. The number of carbonyl (C=O) groups is 1. The van der Waals surface area contributed by atoms with Crippen LogP contribution in [0.2, 0.25) is 23.7 Å². The van der Waals surface area contributed by atoms with Gasteiger partial charge in [-0.25, -0.2) is 0 Å². The van der Waals surface area contributed by atoms with E-state index in [9.17, 15) is 9.59 Å². The molecule has 0 unspecified atom stereocenters. The lowest BCUT2D eigenvalue weighted by Crippen LogP contribution is -2.45. The van der Waals surface area contributed by atoms with Crippen LogP contribution in [0.25, 0.3) is 0 Å². The number of benzene rings is 2. The molecule has 1 amide bonds. The molecule has 10 heteroatoms. The summed E-state index contributed by atoms with van der Waals surface area (Å²) in [6, 6.07) is 15.0. The highest BCUT2D eigenvalue weighted by atomic mass is 35.5. The molecule has 1 aromatic heterocycles. The number of hydrogen-bond acceptors (Lipinski definition) is 6. The summed E-state index contributed by atoms with van der Waals surface area (Å²) in [5.74, 6) is -0.427. The molecular formula is C26H31ClN4O4Si. The number of rotatable bonds is 7. The summed E-state index contributed by atoms with van der Waals surface area (Å²) in [5.41, 5.74) is 1.54. The van der Waals surface area contributed by atoms with Crippen LogP contribution in [0.1, 0.15) is 24.6 Å². The number of fused-ring (bicyclic) bond motifs is 2. The largest absolute Gasteiger partial charge is 0.432 e. The second-order valence-corrected chi connectivity index (χ2v) is 14.6. The Hall–Kier alpha value is -2.56. The van der Waals surface area contributed by atoms with Gasteiger partial charge >= 0.3 is 0 Å². The van der Waals surface area contributed by atoms with Gasteiger partial charge in [0.2, 0.25) is 0 Å². The zero-order valence-electron chi connectivity index (χ0n) is 20.6. The molecule has 0 saturated carbocycles. The average molecular weight is 527 g/mol. The summed E-state index contributed by atoms with van der Waals surface area (Å²) >= 11 is 6.44. The van der Waals surface area contributed by atoms with Gasteiger partial charge in [0.05, 0.1) is 17.5 Å². The van der Waals surface area contributed by atoms with Crippen LogP contribution in [0.15, 0.2) is 54.7 Å². The molecule has 36 heavy (non-hydrogen) atoms. The van der Waals surface area contributed by atoms with Crippen molar-refractivity contribution < 1.29 is 19.4 Å². The van der Waals surface area contributed by atoms with Gasteiger partial charge in [-0.15, -0.1) is 5.10 Å². The molecule has 3 heterocycles. The summed E-state index contributed by atoms with van der Waals surface area (Å²) in [6.07, 6.45) is 2.46. The zero-order chi connectivity index (χ0) is 25.7. The number of para-hydroxylation sites is 1. The number of anilines is 2. The zero-order valence-corrected chi connectivity index (χ0v) is 22.4. The topological polar surface area (TPSA) is 101 Å². The SMILES string of the molecule is C[C@@H]1[C@@H]([Si](C)(C)O)[C@H](CCn2cc(CCO)nn2)O[C@@]12C(=O)N(c1ccccc1)c1ccc(Cl)cc12. The van der Waals surface area contributed by atoms with E-state index in [0.29, 0.717) is 24.4 Å². The maximum absolute atomic E-state index is 14.3. The molecule has 3 aromatic rings. The van der Waals surface area contributed by atoms with Crippen LogP contribution in [-0.2, 0) is 28.1 Å². The Morgan fingerprint density at radius 1 is 1.19 bits per heavy atom. The van der Waals surface area contributed by atoms with Gasteiger partial charge in [0.25, 0.3) is 5.91 Å². The van der Waals surface area contributed by atoms with Crippen molar-refractivity contribution >= 4 is 37.2 Å². The number of aliphatic hydroxyl groups excluding tert-OH is 1. The van der Waals surface area contributed by atoms with Crippen LogP contribution in [-0.4, -0.2) is 51.8 Å². The molecule has 0 bridgehead atoms. The predicted octanol–water partition coefficient (Wildman–Crippen LogP) is 4.03. The van der Waals surface area contributed by atoms with Gasteiger partial charge in [-0.2, -0.15) is 0 Å². The fourth-order valence-corrected chi connectivity index (χ4v) is 8.79. The van der Waals surface area contributed by atoms with Gasteiger partial charge in [-0.3, -0.25) is 14.4 Å². The Kier molecular flexibility index (Phi) is 6.55. The molecule has 2 aliphatic heterocycles. The monoisotopic (exact) mass is 526 g/mol. The van der Waals surface area contributed by atoms with Crippen LogP contribution in [0.3, 0.4) is 0 Å². The number of hydrogen-bond donors (Lipinski definition) is 2. The van der Waals surface area contributed by atoms with E-state index in [1.165, 1.54) is 0 Å². The van der Waals surface area contributed by atoms with Gasteiger partial charge in [0, 0.05) is 53.5 Å². The molecule has 8 nitrogen and oxygen atoms in total. The van der Waals surface area contributed by atoms with Crippen molar-refractivity contribution in [2.24, 2.45) is 5.92 Å². The van der Waals surface area contributed by atoms with E-state index in [4.69, 9.17) is 21.4 Å². The molecule has 0 aliphatic carbocycles. The lowest BCUT2D eigenvalue weighted by molar-refractivity contribution is -0.145. The third-order valence-electron chi connectivity index (χ3n) is 7.47. The maximum atomic E-state index is 14.3. The lowest BCUT2D eigenvalue weighted by Gasteiger charge is -2.32. The molecule has 1 fully saturated rings. The third-order valence-corrected chi connectivity index (χ3v) is 10.2. The van der Waals surface area contributed by atoms with Gasteiger partial charge in [-0.1, -0.05) is 41.9 Å². The van der Waals surface area contributed by atoms with Crippen molar-refractivity contribution in [3.63, 3.8) is 0 Å². The van der Waals surface area contributed by atoms with Crippen LogP contribution < -0.4 is 4.90 Å². The van der Waals surface area contributed by atoms with Crippen molar-refractivity contribution in [1.82, 2.24) is 15.0 Å². The third kappa shape index (κ3) is 4.08. The quantitative estimate of drug-likeness (QED) is 0.451. The van der Waals surface area contributed by atoms with Crippen LogP contribution in [0.4, 0.5) is 11.4 Å². The minimum atomic E-state index is -2.76. The predicted molar refractivity (Wildman–Crippen MR) is 140 cm³/mol. The maximum Gasteiger partial charge on any atom is 0.268 e. The lowest BCUT2D eigenvalue weighted by atomic mass is 9.82. The van der Waals surface area contributed by atoms with Crippen LogP contribution in [0, 0.1) is 5.92 Å². The summed E-state index contributed by atoms with van der Waals surface area (Å²) < 4.78 is 8.53. The molecule has 0 radical (unpaired) electrons. The van der Waals surface area contributed by atoms with Crippen molar-refractivity contribution in [1.29, 1.82) is 0 Å². The molecule has 2 aliphatic rings. The van der Waals surface area contributed by atoms with Gasteiger partial charge in [0.15, 0.2) is 13.9 Å². The summed E-state index contributed by atoms with van der Waals surface area (Å²) in [7, 11) is -2.76. The number of nitrogens with zero attached hydrogens (tertiary/aromatic N) is 4. The van der Waals surface area contributed by atoms with E-state index in [2.05, 4.69) is 10.3 Å². The Balaban J connectivity index is 1.54. The Labute approximate surface area is 216 Å². The molecule has 1 spiro atoms. The molecule has 190 valence electrons. The number of carbonyl (C=O) groups excluding carboxylic acids is 1. The minimum absolute atomic E-state index is 0.0127. The van der Waals surface area contributed by atoms with Crippen molar-refractivity contribution in [3.05, 3.63) is 71.0 Å². The second-order valence-electron chi connectivity index (χ2n) is 10.2. The highest BCUT2D eigenvalue weighted by Gasteiger charge is 2.66. The molecular weight excluding hydrogens is 496 g/mol. The van der Waals surface area contributed by atoms with E-state index in [-0.39, 0.29) is 30.1 Å². The molecule has 4 atom stereocenters. The Morgan fingerprint density at radius 2 is 1.94 bits per heavy atom. The Bertz CT molecular complexity index is 1260. The second kappa shape index (κ2) is 9.39. The highest BCUT2D eigenvalue weighted by molar-refractivity contribution is 6.71. The first-order valence-corrected chi connectivity index (χ1v) is 15.7. The Morgan fingerprint density at radius 3 is 2.64 bits per heavy atom. The smallest absolute Gasteiger partial charge is 0.268 e. The summed E-state index contributed by atoms with van der Waals surface area (Å²) in [4.78, 5) is 27.4. The van der Waals surface area contributed by atoms with Crippen LogP contribution >= 0.6 is 11.6 Å². The summed E-state index contributed by atoms with van der Waals surface area (Å²) in [6.45, 7) is 6.36. The van der Waals surface area contributed by atoms with Crippen molar-refractivity contribution in [3.8, 4) is 0 Å². The van der Waals surface area contributed by atoms with Gasteiger partial charge < -0.3 is 14.6 Å². The fourth-order valence-electron chi connectivity index (χ4n) is 6.01. The first-order chi connectivity index (χ1) is 17.2. The van der Waals surface area contributed by atoms with Gasteiger partial charge in [0.1, 0.15) is 0 Å². The first kappa shape index (κ1) is 25.1. The van der Waals surface area contributed by atoms with E-state index in [1.807, 2.05) is 68.7 Å². The summed E-state index contributed by atoms with van der Waals surface area (Å²) in [5, 5.41) is 18.0. The fraction of sp³-hybridized carbons (Fsp3) is 0.423. The first-order valence-electron chi connectivity index (χ1n) is 12.3.